The molecule has 2 aliphatic rings. The summed E-state index contributed by atoms with van der Waals surface area (Å²) in [7, 11) is 0. The number of amides is 2. The molecule has 30 heavy (non-hydrogen) atoms. The molecule has 0 radical (unpaired) electrons. The number of anilines is 1. The zero-order valence-electron chi connectivity index (χ0n) is 17.6. The van der Waals surface area contributed by atoms with Gasteiger partial charge in [-0.25, -0.2) is 0 Å². The van der Waals surface area contributed by atoms with Crippen molar-refractivity contribution >= 4 is 28.2 Å². The van der Waals surface area contributed by atoms with E-state index < -0.39 is 0 Å². The molecule has 1 aromatic carbocycles. The van der Waals surface area contributed by atoms with Crippen molar-refractivity contribution < 1.29 is 19.1 Å². The van der Waals surface area contributed by atoms with Gasteiger partial charge in [0, 0.05) is 18.0 Å². The van der Waals surface area contributed by atoms with Crippen LogP contribution in [0.15, 0.2) is 18.2 Å². The first-order valence-electron chi connectivity index (χ1n) is 10.5. The third-order valence-electron chi connectivity index (χ3n) is 5.63. The van der Waals surface area contributed by atoms with Gasteiger partial charge in [-0.3, -0.25) is 9.59 Å². The van der Waals surface area contributed by atoms with Crippen LogP contribution in [0.3, 0.4) is 0 Å². The van der Waals surface area contributed by atoms with Crippen LogP contribution < -0.4 is 10.1 Å². The second-order valence-electron chi connectivity index (χ2n) is 7.93. The van der Waals surface area contributed by atoms with E-state index in [0.717, 1.165) is 42.4 Å². The molecule has 0 atom stereocenters. The molecule has 0 spiro atoms. The van der Waals surface area contributed by atoms with Crippen molar-refractivity contribution in [3.05, 3.63) is 45.3 Å². The van der Waals surface area contributed by atoms with Crippen LogP contribution in [0, 0.1) is 13.8 Å². The maximum atomic E-state index is 13.3. The van der Waals surface area contributed by atoms with Crippen molar-refractivity contribution in [1.29, 1.82) is 0 Å². The fourth-order valence-electron chi connectivity index (χ4n) is 4.07. The van der Waals surface area contributed by atoms with E-state index in [4.69, 9.17) is 9.47 Å². The maximum Gasteiger partial charge on any atom is 0.262 e. The molecule has 1 fully saturated rings. The molecular weight excluding hydrogens is 400 g/mol. The van der Waals surface area contributed by atoms with Crippen LogP contribution in [0.5, 0.6) is 5.75 Å². The number of nitrogens with one attached hydrogen (secondary N) is 1. The molecule has 2 aromatic rings. The van der Waals surface area contributed by atoms with Crippen molar-refractivity contribution in [2.75, 3.05) is 38.2 Å². The number of benzene rings is 1. The molecule has 1 aliphatic carbocycles. The number of thiophene rings is 1. The molecule has 6 nitrogen and oxygen atoms in total. The Labute approximate surface area is 181 Å². The summed E-state index contributed by atoms with van der Waals surface area (Å²) < 4.78 is 11.1. The van der Waals surface area contributed by atoms with Crippen molar-refractivity contribution in [2.45, 2.75) is 39.5 Å². The van der Waals surface area contributed by atoms with Crippen LogP contribution in [0.2, 0.25) is 0 Å². The largest absolute Gasteiger partial charge is 0.483 e. The summed E-state index contributed by atoms with van der Waals surface area (Å²) in [5, 5.41) is 3.62. The van der Waals surface area contributed by atoms with Crippen molar-refractivity contribution in [1.82, 2.24) is 4.90 Å². The van der Waals surface area contributed by atoms with Crippen LogP contribution in [0.4, 0.5) is 5.00 Å². The molecule has 2 amide bonds. The molecule has 1 aromatic heterocycles. The lowest BCUT2D eigenvalue weighted by molar-refractivity contribution is -0.118. The minimum atomic E-state index is -0.246. The molecule has 2 heterocycles. The number of rotatable bonds is 5. The van der Waals surface area contributed by atoms with Crippen molar-refractivity contribution in [3.63, 3.8) is 0 Å². The summed E-state index contributed by atoms with van der Waals surface area (Å²) in [6, 6.07) is 5.88. The van der Waals surface area contributed by atoms with E-state index in [0.29, 0.717) is 42.6 Å². The Balaban J connectivity index is 1.50. The Morgan fingerprint density at radius 2 is 1.93 bits per heavy atom. The third-order valence-corrected chi connectivity index (χ3v) is 6.83. The van der Waals surface area contributed by atoms with Gasteiger partial charge >= 0.3 is 0 Å². The first-order chi connectivity index (χ1) is 14.5. The predicted octanol–water partition coefficient (Wildman–Crippen LogP) is 3.73. The van der Waals surface area contributed by atoms with Gasteiger partial charge in [-0.05, 0) is 56.7 Å². The van der Waals surface area contributed by atoms with E-state index in [9.17, 15) is 9.59 Å². The molecule has 0 saturated carbocycles. The van der Waals surface area contributed by atoms with Gasteiger partial charge in [-0.15, -0.1) is 11.3 Å². The Morgan fingerprint density at radius 1 is 1.17 bits per heavy atom. The fraction of sp³-hybridized carbons (Fsp3) is 0.478. The summed E-state index contributed by atoms with van der Waals surface area (Å²) in [4.78, 5) is 29.0. The monoisotopic (exact) mass is 428 g/mol. The normalized spacial score (nSPS) is 16.1. The van der Waals surface area contributed by atoms with E-state index in [1.54, 1.807) is 11.3 Å². The fourth-order valence-corrected chi connectivity index (χ4v) is 5.37. The first kappa shape index (κ1) is 20.9. The lowest BCUT2D eigenvalue weighted by atomic mass is 9.95. The Morgan fingerprint density at radius 3 is 2.70 bits per heavy atom. The smallest absolute Gasteiger partial charge is 0.262 e. The molecular formula is C23H28N2O4S. The second kappa shape index (κ2) is 9.18. The number of morpholine rings is 1. The number of carbonyl (C=O) groups is 2. The highest BCUT2D eigenvalue weighted by Gasteiger charge is 2.30. The lowest BCUT2D eigenvalue weighted by Crippen LogP contribution is -2.41. The van der Waals surface area contributed by atoms with Crippen LogP contribution in [0.25, 0.3) is 0 Å². The average molecular weight is 429 g/mol. The molecule has 0 bridgehead atoms. The van der Waals surface area contributed by atoms with Gasteiger partial charge in [-0.2, -0.15) is 0 Å². The minimum Gasteiger partial charge on any atom is -0.483 e. The SMILES string of the molecule is Cc1ccc(OCC(=O)Nc2sc3c(c2C(=O)N2CCOCC2)CCCC3)c(C)c1. The Bertz CT molecular complexity index is 947. The number of hydrogen-bond donors (Lipinski definition) is 1. The average Bonchev–Trinajstić information content (AvgIpc) is 3.11. The maximum absolute atomic E-state index is 13.3. The van der Waals surface area contributed by atoms with Crippen molar-refractivity contribution in [2.24, 2.45) is 0 Å². The first-order valence-corrected chi connectivity index (χ1v) is 11.4. The summed E-state index contributed by atoms with van der Waals surface area (Å²) >= 11 is 1.54. The zero-order valence-corrected chi connectivity index (χ0v) is 18.4. The van der Waals surface area contributed by atoms with Crippen LogP contribution in [-0.2, 0) is 22.4 Å². The van der Waals surface area contributed by atoms with E-state index in [2.05, 4.69) is 5.32 Å². The number of fused-ring (bicyclic) bond motifs is 1. The van der Waals surface area contributed by atoms with E-state index in [-0.39, 0.29) is 18.4 Å². The Hall–Kier alpha value is -2.38. The van der Waals surface area contributed by atoms with Gasteiger partial charge in [-0.1, -0.05) is 17.7 Å². The van der Waals surface area contributed by atoms with Crippen LogP contribution in [-0.4, -0.2) is 49.6 Å². The summed E-state index contributed by atoms with van der Waals surface area (Å²) in [5.74, 6) is 0.457. The molecule has 4 rings (SSSR count). The van der Waals surface area contributed by atoms with Gasteiger partial charge in [0.2, 0.25) is 0 Å². The Kier molecular flexibility index (Phi) is 6.39. The molecule has 1 aliphatic heterocycles. The second-order valence-corrected chi connectivity index (χ2v) is 9.03. The highest BCUT2D eigenvalue weighted by atomic mass is 32.1. The summed E-state index contributed by atoms with van der Waals surface area (Å²) in [6.07, 6.45) is 4.07. The predicted molar refractivity (Wildman–Crippen MR) is 118 cm³/mol. The third kappa shape index (κ3) is 4.52. The highest BCUT2D eigenvalue weighted by molar-refractivity contribution is 7.17. The molecule has 0 unspecified atom stereocenters. The topological polar surface area (TPSA) is 67.9 Å². The number of aryl methyl sites for hydroxylation is 3. The number of nitrogens with zero attached hydrogens (tertiary/aromatic N) is 1. The zero-order chi connectivity index (χ0) is 21.1. The molecule has 160 valence electrons. The number of hydrogen-bond acceptors (Lipinski definition) is 5. The van der Waals surface area contributed by atoms with Crippen molar-refractivity contribution in [3.8, 4) is 5.75 Å². The lowest BCUT2D eigenvalue weighted by Gasteiger charge is -2.27. The van der Waals surface area contributed by atoms with Gasteiger partial charge in [0.15, 0.2) is 6.61 Å². The number of carbonyl (C=O) groups excluding carboxylic acids is 2. The molecule has 1 saturated heterocycles. The standard InChI is InChI=1S/C23H28N2O4S/c1-15-7-8-18(16(2)13-15)29-14-20(26)24-22-21(17-5-3-4-6-19(17)30-22)23(27)25-9-11-28-12-10-25/h7-8,13H,3-6,9-12,14H2,1-2H3,(H,24,26). The van der Waals surface area contributed by atoms with Gasteiger partial charge < -0.3 is 19.7 Å². The van der Waals surface area contributed by atoms with Gasteiger partial charge in [0.25, 0.3) is 11.8 Å². The van der Waals surface area contributed by atoms with E-state index >= 15 is 0 Å². The molecule has 7 heteroatoms. The van der Waals surface area contributed by atoms with E-state index in [1.165, 1.54) is 4.88 Å². The minimum absolute atomic E-state index is 0.00305. The van der Waals surface area contributed by atoms with E-state index in [1.807, 2.05) is 36.9 Å². The van der Waals surface area contributed by atoms with Gasteiger partial charge in [0.1, 0.15) is 10.8 Å². The van der Waals surface area contributed by atoms with Crippen LogP contribution >= 0.6 is 11.3 Å². The summed E-state index contributed by atoms with van der Waals surface area (Å²) in [5.41, 5.74) is 3.95. The summed E-state index contributed by atoms with van der Waals surface area (Å²) in [6.45, 7) is 6.20. The number of ether oxygens (including phenoxy) is 2. The highest BCUT2D eigenvalue weighted by Crippen LogP contribution is 2.39. The van der Waals surface area contributed by atoms with Crippen LogP contribution in [0.1, 0.15) is 44.8 Å². The molecule has 1 N–H and O–H groups in total. The quantitative estimate of drug-likeness (QED) is 0.788. The van der Waals surface area contributed by atoms with Gasteiger partial charge in [0.05, 0.1) is 18.8 Å².